The van der Waals surface area contributed by atoms with E-state index in [4.69, 9.17) is 14.5 Å². The normalized spacial score (nSPS) is 18.1. The molecule has 17 heteroatoms. The highest BCUT2D eigenvalue weighted by Crippen LogP contribution is 2.42. The number of hydrogen-bond acceptors (Lipinski definition) is 14. The predicted octanol–water partition coefficient (Wildman–Crippen LogP) is 6.67. The number of amides is 2. The number of methoxy groups -OCH3 is 1. The maximum atomic E-state index is 13.5. The van der Waals surface area contributed by atoms with Gasteiger partial charge in [-0.25, -0.2) is 4.98 Å². The van der Waals surface area contributed by atoms with Gasteiger partial charge in [0.1, 0.15) is 36.6 Å². The lowest BCUT2D eigenvalue weighted by Crippen LogP contribution is -2.53. The fourth-order valence-electron chi connectivity index (χ4n) is 8.81. The highest BCUT2D eigenvalue weighted by atomic mass is 79.9. The summed E-state index contributed by atoms with van der Waals surface area (Å²) in [5, 5.41) is 9.84. The number of halogens is 1. The van der Waals surface area contributed by atoms with E-state index in [-0.39, 0.29) is 17.7 Å². The molecule has 15 nitrogen and oxygen atoms in total. The van der Waals surface area contributed by atoms with Crippen molar-refractivity contribution in [1.82, 2.24) is 35.1 Å². The van der Waals surface area contributed by atoms with Crippen molar-refractivity contribution < 1.29 is 23.6 Å². The van der Waals surface area contributed by atoms with Crippen molar-refractivity contribution in [3.63, 3.8) is 0 Å². The zero-order chi connectivity index (χ0) is 43.4. The minimum Gasteiger partial charge on any atom is -0.494 e. The third-order valence-corrected chi connectivity index (χ3v) is 14.2. The Hall–Kier alpha value is -5.15. The lowest BCUT2D eigenvalue weighted by Gasteiger charge is -2.43. The first-order valence-corrected chi connectivity index (χ1v) is 24.7. The predicted molar refractivity (Wildman–Crippen MR) is 248 cm³/mol. The lowest BCUT2D eigenvalue weighted by atomic mass is 9.90. The summed E-state index contributed by atoms with van der Waals surface area (Å²) in [4.78, 5) is 49.7. The Bertz CT molecular complexity index is 2470. The molecule has 3 fully saturated rings. The van der Waals surface area contributed by atoms with Crippen LogP contribution in [0.15, 0.2) is 71.6 Å². The van der Waals surface area contributed by atoms with Gasteiger partial charge in [-0.05, 0) is 96.4 Å². The number of benzene rings is 3. The number of piperazine rings is 1. The Morgan fingerprint density at radius 3 is 2.37 bits per heavy atom. The van der Waals surface area contributed by atoms with Crippen LogP contribution < -0.4 is 35.6 Å². The van der Waals surface area contributed by atoms with E-state index in [0.717, 1.165) is 82.1 Å². The van der Waals surface area contributed by atoms with E-state index in [0.29, 0.717) is 69.5 Å². The average Bonchev–Trinajstić information content (AvgIpc) is 3.27. The van der Waals surface area contributed by atoms with Crippen LogP contribution in [-0.4, -0.2) is 120 Å². The van der Waals surface area contributed by atoms with Gasteiger partial charge in [0.05, 0.1) is 39.7 Å². The SMILES string of the molecule is CCc1cc(Nc2ncc(Br)c(Nc3ccc4nccnc4c3P(C)(C)=O)n2)c(OC)cc1N1CCC(N2CCN(CCOc3ccc(C4CCC(=O)NC4=O)cc3)CC2)CC1. The maximum absolute atomic E-state index is 13.5. The summed E-state index contributed by atoms with van der Waals surface area (Å²) in [7, 11) is -1.08. The number of hydrogen-bond donors (Lipinski definition) is 3. The van der Waals surface area contributed by atoms with Crippen LogP contribution in [0.4, 0.5) is 28.8 Å². The van der Waals surface area contributed by atoms with Crippen molar-refractivity contribution in [3.8, 4) is 11.5 Å². The van der Waals surface area contributed by atoms with Crippen LogP contribution in [-0.2, 0) is 20.6 Å². The molecular formula is C45H54BrN10O5P. The highest BCUT2D eigenvalue weighted by molar-refractivity contribution is 9.10. The van der Waals surface area contributed by atoms with Crippen LogP contribution >= 0.6 is 23.1 Å². The molecule has 0 saturated carbocycles. The molecule has 62 heavy (non-hydrogen) atoms. The van der Waals surface area contributed by atoms with Crippen molar-refractivity contribution in [3.05, 3.63) is 82.7 Å². The summed E-state index contributed by atoms with van der Waals surface area (Å²) >= 11 is 3.60. The lowest BCUT2D eigenvalue weighted by molar-refractivity contribution is -0.134. The van der Waals surface area contributed by atoms with Gasteiger partial charge in [0.2, 0.25) is 17.8 Å². The number of ether oxygens (including phenoxy) is 2. The summed E-state index contributed by atoms with van der Waals surface area (Å²) in [5.41, 5.74) is 6.02. The van der Waals surface area contributed by atoms with Crippen LogP contribution in [0, 0.1) is 0 Å². The Morgan fingerprint density at radius 2 is 1.66 bits per heavy atom. The minimum absolute atomic E-state index is 0.199. The summed E-state index contributed by atoms with van der Waals surface area (Å²) in [6, 6.07) is 16.2. The van der Waals surface area contributed by atoms with Gasteiger partial charge in [-0.3, -0.25) is 34.7 Å². The summed E-state index contributed by atoms with van der Waals surface area (Å²) < 4.78 is 26.2. The van der Waals surface area contributed by atoms with Gasteiger partial charge in [-0.2, -0.15) is 4.98 Å². The van der Waals surface area contributed by atoms with Crippen molar-refractivity contribution in [2.75, 3.05) is 88.4 Å². The molecule has 0 spiro atoms. The zero-order valence-electron chi connectivity index (χ0n) is 35.7. The van der Waals surface area contributed by atoms with Crippen LogP contribution in [0.5, 0.6) is 11.5 Å². The van der Waals surface area contributed by atoms with E-state index in [2.05, 4.69) is 80.6 Å². The number of rotatable bonds is 14. The smallest absolute Gasteiger partial charge is 0.234 e. The molecule has 3 aliphatic heterocycles. The quantitative estimate of drug-likeness (QED) is 0.0798. The van der Waals surface area contributed by atoms with Gasteiger partial charge in [0.15, 0.2) is 0 Å². The number of nitrogens with one attached hydrogen (secondary N) is 3. The van der Waals surface area contributed by atoms with Crippen molar-refractivity contribution in [2.45, 2.75) is 51.0 Å². The zero-order valence-corrected chi connectivity index (χ0v) is 38.2. The Labute approximate surface area is 370 Å². The second-order valence-electron chi connectivity index (χ2n) is 16.4. The Morgan fingerprint density at radius 1 is 0.903 bits per heavy atom. The van der Waals surface area contributed by atoms with Gasteiger partial charge >= 0.3 is 0 Å². The fraction of sp³-hybridized carbons (Fsp3) is 0.422. The first-order valence-electron chi connectivity index (χ1n) is 21.3. The number of aryl methyl sites for hydroxylation is 1. The van der Waals surface area contributed by atoms with E-state index in [1.807, 2.05) is 36.4 Å². The molecule has 3 aromatic carbocycles. The van der Waals surface area contributed by atoms with Gasteiger partial charge in [-0.1, -0.05) is 19.1 Å². The summed E-state index contributed by atoms with van der Waals surface area (Å²) in [6.45, 7) is 13.2. The number of fused-ring (bicyclic) bond motifs is 1. The third-order valence-electron chi connectivity index (χ3n) is 12.1. The minimum atomic E-state index is -2.77. The molecule has 0 bridgehead atoms. The molecule has 2 amide bonds. The molecule has 5 aromatic rings. The first kappa shape index (κ1) is 43.5. The largest absolute Gasteiger partial charge is 0.494 e. The van der Waals surface area contributed by atoms with Crippen molar-refractivity contribution in [1.29, 1.82) is 0 Å². The number of carbonyl (C=O) groups excluding carboxylic acids is 2. The number of nitrogens with zero attached hydrogens (tertiary/aromatic N) is 7. The third kappa shape index (κ3) is 9.88. The monoisotopic (exact) mass is 924 g/mol. The topological polar surface area (TPSA) is 167 Å². The van der Waals surface area contributed by atoms with E-state index in [1.54, 1.807) is 39.0 Å². The number of carbonyl (C=O) groups is 2. The molecule has 0 radical (unpaired) electrons. The molecule has 326 valence electrons. The highest BCUT2D eigenvalue weighted by Gasteiger charge is 2.30. The molecule has 3 saturated heterocycles. The molecule has 5 heterocycles. The molecule has 2 aromatic heterocycles. The second-order valence-corrected chi connectivity index (χ2v) is 20.4. The Kier molecular flexibility index (Phi) is 13.4. The fourth-order valence-corrected chi connectivity index (χ4v) is 10.5. The van der Waals surface area contributed by atoms with Gasteiger partial charge in [0.25, 0.3) is 0 Å². The second kappa shape index (κ2) is 19.1. The van der Waals surface area contributed by atoms with Gasteiger partial charge < -0.3 is 29.6 Å². The molecular weight excluding hydrogens is 871 g/mol. The van der Waals surface area contributed by atoms with Crippen LogP contribution in [0.25, 0.3) is 11.0 Å². The van der Waals surface area contributed by atoms with E-state index >= 15 is 0 Å². The number of anilines is 5. The van der Waals surface area contributed by atoms with Crippen molar-refractivity contribution in [2.24, 2.45) is 0 Å². The molecule has 3 N–H and O–H groups in total. The Balaban J connectivity index is 0.843. The summed E-state index contributed by atoms with van der Waals surface area (Å²) in [6.07, 6.45) is 8.89. The van der Waals surface area contributed by atoms with E-state index in [1.165, 1.54) is 11.3 Å². The van der Waals surface area contributed by atoms with E-state index < -0.39 is 7.14 Å². The maximum Gasteiger partial charge on any atom is 0.234 e. The summed E-state index contributed by atoms with van der Waals surface area (Å²) in [5.74, 6) is 1.69. The molecule has 1 unspecified atom stereocenters. The van der Waals surface area contributed by atoms with Gasteiger partial charge in [-0.15, -0.1) is 0 Å². The van der Waals surface area contributed by atoms with Gasteiger partial charge in [0, 0.05) is 88.6 Å². The number of imide groups is 1. The standard InChI is InChI=1S/C45H54BrN10O5P/c1-5-29-26-37(51-45-49-28-34(46)43(53-45)50-36-12-11-35-41(48-17-16-47-35)42(36)62(3,4)59)39(60-2)27-38(29)56-18-14-31(15-19-56)55-22-20-54(21-23-55)24-25-61-32-8-6-30(7-9-32)33-10-13-40(57)52-44(33)58/h6-9,11-12,16-17,26-28,31,33H,5,10,13-15,18-25H2,1-4H3,(H,52,57,58)(H2,49,50,51,53). The number of piperidine rings is 2. The van der Waals surface area contributed by atoms with Crippen LogP contribution in [0.3, 0.4) is 0 Å². The first-order chi connectivity index (χ1) is 30.0. The molecule has 8 rings (SSSR count). The molecule has 1 atom stereocenters. The molecule has 0 aliphatic carbocycles. The van der Waals surface area contributed by atoms with E-state index in [9.17, 15) is 14.2 Å². The average molecular weight is 926 g/mol. The van der Waals surface area contributed by atoms with Crippen LogP contribution in [0.2, 0.25) is 0 Å². The molecule has 3 aliphatic rings. The number of aromatic nitrogens is 4. The van der Waals surface area contributed by atoms with Crippen molar-refractivity contribution >= 4 is 80.1 Å². The van der Waals surface area contributed by atoms with Crippen LogP contribution in [0.1, 0.15) is 49.7 Å².